The Kier molecular flexibility index (Phi) is 3.57. The number of ether oxygens (including phenoxy) is 2. The fourth-order valence-electron chi connectivity index (χ4n) is 2.88. The van der Waals surface area contributed by atoms with Gasteiger partial charge in [0.05, 0.1) is 29.5 Å². The molecule has 0 aliphatic carbocycles. The molecular formula is C20H19NO2S. The lowest BCUT2D eigenvalue weighted by molar-refractivity contribution is 0.227. The minimum absolute atomic E-state index is 0.0777. The second kappa shape index (κ2) is 5.64. The molecular weight excluding hydrogens is 318 g/mol. The van der Waals surface area contributed by atoms with Gasteiger partial charge in [0.15, 0.2) is 0 Å². The van der Waals surface area contributed by atoms with Crippen LogP contribution in [0, 0.1) is 5.41 Å². The maximum absolute atomic E-state index is 5.84. The first-order valence-electron chi connectivity index (χ1n) is 7.96. The Balaban J connectivity index is 1.77. The van der Waals surface area contributed by atoms with Crippen LogP contribution in [0.3, 0.4) is 0 Å². The quantitative estimate of drug-likeness (QED) is 0.644. The van der Waals surface area contributed by atoms with Crippen LogP contribution in [-0.2, 0) is 4.74 Å². The fourth-order valence-corrected chi connectivity index (χ4v) is 3.87. The summed E-state index contributed by atoms with van der Waals surface area (Å²) in [5.41, 5.74) is 3.16. The highest BCUT2D eigenvalue weighted by Gasteiger charge is 2.26. The molecule has 0 spiro atoms. The van der Waals surface area contributed by atoms with Crippen molar-refractivity contribution in [3.05, 3.63) is 54.1 Å². The van der Waals surface area contributed by atoms with Crippen molar-refractivity contribution in [2.45, 2.75) is 13.8 Å². The Morgan fingerprint density at radius 2 is 2.00 bits per heavy atom. The van der Waals surface area contributed by atoms with E-state index < -0.39 is 0 Å². The van der Waals surface area contributed by atoms with Crippen molar-refractivity contribution in [1.82, 2.24) is 4.98 Å². The van der Waals surface area contributed by atoms with Crippen molar-refractivity contribution < 1.29 is 9.47 Å². The largest absolute Gasteiger partial charge is 0.496 e. The molecule has 0 saturated carbocycles. The molecule has 4 heteroatoms. The fraction of sp³-hybridized carbons (Fsp3) is 0.250. The van der Waals surface area contributed by atoms with Crippen LogP contribution < -0.4 is 4.74 Å². The Morgan fingerprint density at radius 1 is 1.17 bits per heavy atom. The van der Waals surface area contributed by atoms with Crippen LogP contribution in [0.4, 0.5) is 0 Å². The number of rotatable bonds is 3. The van der Waals surface area contributed by atoms with Crippen LogP contribution in [-0.4, -0.2) is 18.7 Å². The SMILES string of the molecule is COc1cc(C2=CC(C)(C)CO2)ccc1-c1nc2ccccc2s1. The standard InChI is InChI=1S/C20H19NO2S/c1-20(2)11-17(23-12-20)13-8-9-14(16(10-13)22-3)19-21-15-6-4-5-7-18(15)24-19/h4-11H,12H2,1-3H3. The highest BCUT2D eigenvalue weighted by Crippen LogP contribution is 2.39. The van der Waals surface area contributed by atoms with Crippen LogP contribution in [0.25, 0.3) is 26.5 Å². The third kappa shape index (κ3) is 2.67. The van der Waals surface area contributed by atoms with E-state index in [0.717, 1.165) is 33.2 Å². The smallest absolute Gasteiger partial charge is 0.129 e. The molecule has 0 saturated heterocycles. The molecule has 24 heavy (non-hydrogen) atoms. The predicted octanol–water partition coefficient (Wildman–Crippen LogP) is 5.37. The first-order valence-corrected chi connectivity index (χ1v) is 8.77. The number of para-hydroxylation sites is 1. The highest BCUT2D eigenvalue weighted by atomic mass is 32.1. The number of thiazole rings is 1. The molecule has 0 atom stereocenters. The Hall–Kier alpha value is -2.33. The molecule has 0 bridgehead atoms. The van der Waals surface area contributed by atoms with Crippen molar-refractivity contribution in [3.8, 4) is 16.3 Å². The number of hydrogen-bond donors (Lipinski definition) is 0. The van der Waals surface area contributed by atoms with E-state index in [4.69, 9.17) is 14.5 Å². The molecule has 2 heterocycles. The molecule has 2 aromatic carbocycles. The summed E-state index contributed by atoms with van der Waals surface area (Å²) in [6, 6.07) is 14.4. The first-order chi connectivity index (χ1) is 11.6. The summed E-state index contributed by atoms with van der Waals surface area (Å²) in [6.45, 7) is 5.06. The maximum Gasteiger partial charge on any atom is 0.129 e. The second-order valence-electron chi connectivity index (χ2n) is 6.69. The van der Waals surface area contributed by atoms with Gasteiger partial charge >= 0.3 is 0 Å². The van der Waals surface area contributed by atoms with E-state index in [0.29, 0.717) is 6.61 Å². The highest BCUT2D eigenvalue weighted by molar-refractivity contribution is 7.21. The molecule has 122 valence electrons. The van der Waals surface area contributed by atoms with E-state index in [1.54, 1.807) is 18.4 Å². The summed E-state index contributed by atoms with van der Waals surface area (Å²) in [5, 5.41) is 0.973. The molecule has 0 radical (unpaired) electrons. The normalized spacial score (nSPS) is 16.0. The van der Waals surface area contributed by atoms with E-state index in [1.807, 2.05) is 24.3 Å². The van der Waals surface area contributed by atoms with Gasteiger partial charge in [-0.25, -0.2) is 4.98 Å². The molecule has 1 aromatic heterocycles. The molecule has 4 rings (SSSR count). The average molecular weight is 337 g/mol. The number of hydrogen-bond acceptors (Lipinski definition) is 4. The number of methoxy groups -OCH3 is 1. The zero-order valence-corrected chi connectivity index (χ0v) is 14.8. The molecule has 3 aromatic rings. The van der Waals surface area contributed by atoms with Crippen molar-refractivity contribution in [3.63, 3.8) is 0 Å². The Morgan fingerprint density at radius 3 is 2.71 bits per heavy atom. The van der Waals surface area contributed by atoms with Crippen LogP contribution in [0.15, 0.2) is 48.5 Å². The summed E-state index contributed by atoms with van der Waals surface area (Å²) < 4.78 is 12.7. The van der Waals surface area contributed by atoms with Gasteiger partial charge in [-0.15, -0.1) is 11.3 Å². The van der Waals surface area contributed by atoms with Gasteiger partial charge in [-0.2, -0.15) is 0 Å². The lowest BCUT2D eigenvalue weighted by Crippen LogP contribution is -2.08. The number of nitrogens with zero attached hydrogens (tertiary/aromatic N) is 1. The van der Waals surface area contributed by atoms with Crippen molar-refractivity contribution >= 4 is 27.3 Å². The third-order valence-corrected chi connectivity index (χ3v) is 5.20. The van der Waals surface area contributed by atoms with Gasteiger partial charge in [-0.05, 0) is 30.3 Å². The summed E-state index contributed by atoms with van der Waals surface area (Å²) in [5.74, 6) is 1.75. The first kappa shape index (κ1) is 15.2. The molecule has 1 aliphatic heterocycles. The van der Waals surface area contributed by atoms with Gasteiger partial charge in [0.2, 0.25) is 0 Å². The maximum atomic E-state index is 5.84. The predicted molar refractivity (Wildman–Crippen MR) is 99.3 cm³/mol. The Bertz CT molecular complexity index is 907. The number of benzene rings is 2. The minimum Gasteiger partial charge on any atom is -0.496 e. The van der Waals surface area contributed by atoms with Crippen LogP contribution in [0.2, 0.25) is 0 Å². The summed E-state index contributed by atoms with van der Waals surface area (Å²) in [7, 11) is 1.70. The number of fused-ring (bicyclic) bond motifs is 1. The summed E-state index contributed by atoms with van der Waals surface area (Å²) in [6.07, 6.45) is 2.18. The minimum atomic E-state index is 0.0777. The molecule has 0 N–H and O–H groups in total. The van der Waals surface area contributed by atoms with Crippen molar-refractivity contribution in [2.75, 3.05) is 13.7 Å². The summed E-state index contributed by atoms with van der Waals surface area (Å²) in [4.78, 5) is 4.73. The van der Waals surface area contributed by atoms with Gasteiger partial charge in [-0.3, -0.25) is 0 Å². The average Bonchev–Trinajstić information content (AvgIpc) is 3.17. The van der Waals surface area contributed by atoms with Crippen molar-refractivity contribution in [2.24, 2.45) is 5.41 Å². The molecule has 3 nitrogen and oxygen atoms in total. The van der Waals surface area contributed by atoms with Crippen molar-refractivity contribution in [1.29, 1.82) is 0 Å². The lowest BCUT2D eigenvalue weighted by atomic mass is 9.95. The van der Waals surface area contributed by atoms with E-state index in [9.17, 15) is 0 Å². The third-order valence-electron chi connectivity index (χ3n) is 4.13. The number of aromatic nitrogens is 1. The monoisotopic (exact) mass is 337 g/mol. The molecule has 1 aliphatic rings. The van der Waals surface area contributed by atoms with Crippen LogP contribution in [0.5, 0.6) is 5.75 Å². The van der Waals surface area contributed by atoms with E-state index >= 15 is 0 Å². The zero-order chi connectivity index (χ0) is 16.7. The Labute approximate surface area is 145 Å². The zero-order valence-electron chi connectivity index (χ0n) is 14.0. The molecule has 0 fully saturated rings. The van der Waals surface area contributed by atoms with E-state index in [2.05, 4.69) is 38.1 Å². The van der Waals surface area contributed by atoms with Gasteiger partial charge in [0.1, 0.15) is 16.5 Å². The van der Waals surface area contributed by atoms with E-state index in [1.165, 1.54) is 4.70 Å². The second-order valence-corrected chi connectivity index (χ2v) is 7.72. The topological polar surface area (TPSA) is 31.4 Å². The molecule has 0 amide bonds. The van der Waals surface area contributed by atoms with Crippen LogP contribution in [0.1, 0.15) is 19.4 Å². The van der Waals surface area contributed by atoms with Gasteiger partial charge in [-0.1, -0.05) is 32.0 Å². The lowest BCUT2D eigenvalue weighted by Gasteiger charge is -2.10. The van der Waals surface area contributed by atoms with Gasteiger partial charge in [0, 0.05) is 11.0 Å². The van der Waals surface area contributed by atoms with Crippen LogP contribution >= 0.6 is 11.3 Å². The summed E-state index contributed by atoms with van der Waals surface area (Å²) >= 11 is 1.68. The van der Waals surface area contributed by atoms with Gasteiger partial charge < -0.3 is 9.47 Å². The van der Waals surface area contributed by atoms with Gasteiger partial charge in [0.25, 0.3) is 0 Å². The molecule has 0 unspecified atom stereocenters. The van der Waals surface area contributed by atoms with E-state index in [-0.39, 0.29) is 5.41 Å².